The molecule has 124 valence electrons. The van der Waals surface area contributed by atoms with E-state index in [9.17, 15) is 14.4 Å². The number of amides is 1. The number of carbonyl (C=O) groups excluding carboxylic acids is 1. The molecule has 0 saturated heterocycles. The van der Waals surface area contributed by atoms with Crippen molar-refractivity contribution in [2.24, 2.45) is 0 Å². The average Bonchev–Trinajstić information content (AvgIpc) is 3.06. The summed E-state index contributed by atoms with van der Waals surface area (Å²) in [6.07, 6.45) is 2.02. The number of nitrogens with zero attached hydrogens (tertiary/aromatic N) is 4. The van der Waals surface area contributed by atoms with Gasteiger partial charge in [-0.1, -0.05) is 0 Å². The molecule has 0 spiro atoms. The summed E-state index contributed by atoms with van der Waals surface area (Å²) in [6.45, 7) is 2.78. The van der Waals surface area contributed by atoms with Crippen LogP contribution in [0.4, 0.5) is 0 Å². The summed E-state index contributed by atoms with van der Waals surface area (Å²) in [6, 6.07) is 3.78. The van der Waals surface area contributed by atoms with Crippen LogP contribution in [0.2, 0.25) is 0 Å². The molecule has 0 radical (unpaired) electrons. The number of carbonyl (C=O) groups is 1. The molecule has 0 N–H and O–H groups in total. The maximum Gasteiger partial charge on any atom is 0.331 e. The maximum absolute atomic E-state index is 12.5. The second kappa shape index (κ2) is 6.45. The number of fused-ring (bicyclic) bond motifs is 1. The first kappa shape index (κ1) is 16.2. The van der Waals surface area contributed by atoms with E-state index in [4.69, 9.17) is 5.26 Å². The lowest BCUT2D eigenvalue weighted by Gasteiger charge is -2.27. The first-order valence-electron chi connectivity index (χ1n) is 7.62. The zero-order valence-electron chi connectivity index (χ0n) is 13.2. The van der Waals surface area contributed by atoms with Crippen LogP contribution in [-0.2, 0) is 30.8 Å². The van der Waals surface area contributed by atoms with Crippen LogP contribution < -0.4 is 11.2 Å². The van der Waals surface area contributed by atoms with E-state index in [1.165, 1.54) is 15.6 Å². The molecule has 0 fully saturated rings. The van der Waals surface area contributed by atoms with Crippen LogP contribution in [0.1, 0.15) is 22.9 Å². The minimum Gasteiger partial charge on any atom is -0.336 e. The molecule has 0 atom stereocenters. The Balaban J connectivity index is 1.89. The molecule has 0 unspecified atom stereocenters. The van der Waals surface area contributed by atoms with E-state index < -0.39 is 11.2 Å². The lowest BCUT2D eigenvalue weighted by Crippen LogP contribution is -2.46. The van der Waals surface area contributed by atoms with E-state index >= 15 is 0 Å². The van der Waals surface area contributed by atoms with Gasteiger partial charge in [-0.3, -0.25) is 14.2 Å². The third kappa shape index (κ3) is 2.78. The highest BCUT2D eigenvalue weighted by molar-refractivity contribution is 7.10. The number of nitriles is 1. The van der Waals surface area contributed by atoms with Crippen LogP contribution in [-0.4, -0.2) is 26.5 Å². The molecule has 0 aliphatic carbocycles. The molecule has 3 rings (SSSR count). The van der Waals surface area contributed by atoms with Crippen molar-refractivity contribution in [2.45, 2.75) is 33.0 Å². The largest absolute Gasteiger partial charge is 0.336 e. The number of hydrogen-bond acceptors (Lipinski definition) is 5. The highest BCUT2D eigenvalue weighted by Gasteiger charge is 2.23. The van der Waals surface area contributed by atoms with Gasteiger partial charge in [0, 0.05) is 30.7 Å². The van der Waals surface area contributed by atoms with Crippen molar-refractivity contribution in [1.82, 2.24) is 14.0 Å². The van der Waals surface area contributed by atoms with Gasteiger partial charge < -0.3 is 4.90 Å². The lowest BCUT2D eigenvalue weighted by molar-refractivity contribution is -0.132. The van der Waals surface area contributed by atoms with Gasteiger partial charge in [0.05, 0.1) is 0 Å². The van der Waals surface area contributed by atoms with Gasteiger partial charge in [-0.25, -0.2) is 9.36 Å². The summed E-state index contributed by atoms with van der Waals surface area (Å²) < 4.78 is 2.12. The minimum absolute atomic E-state index is 0.136. The van der Waals surface area contributed by atoms with E-state index in [1.54, 1.807) is 29.2 Å². The van der Waals surface area contributed by atoms with E-state index in [-0.39, 0.29) is 18.0 Å². The molecule has 1 amide bonds. The van der Waals surface area contributed by atoms with Gasteiger partial charge in [0.2, 0.25) is 5.91 Å². The first-order chi connectivity index (χ1) is 11.5. The Hall–Kier alpha value is -2.66. The third-order valence-electron chi connectivity index (χ3n) is 4.15. The predicted octanol–water partition coefficient (Wildman–Crippen LogP) is 0.548. The summed E-state index contributed by atoms with van der Waals surface area (Å²) in [5, 5.41) is 11.0. The summed E-state index contributed by atoms with van der Waals surface area (Å²) in [7, 11) is 0. The van der Waals surface area contributed by atoms with Crippen LogP contribution in [0.5, 0.6) is 0 Å². The number of rotatable bonds is 3. The zero-order valence-corrected chi connectivity index (χ0v) is 14.0. The Morgan fingerprint density at radius 2 is 2.21 bits per heavy atom. The molecule has 7 nitrogen and oxygen atoms in total. The van der Waals surface area contributed by atoms with Gasteiger partial charge in [-0.2, -0.15) is 5.26 Å². The molecule has 0 bridgehead atoms. The third-order valence-corrected chi connectivity index (χ3v) is 5.17. The van der Waals surface area contributed by atoms with Crippen molar-refractivity contribution in [2.75, 3.05) is 6.54 Å². The van der Waals surface area contributed by atoms with Crippen molar-refractivity contribution in [3.05, 3.63) is 54.5 Å². The maximum atomic E-state index is 12.5. The molecule has 24 heavy (non-hydrogen) atoms. The van der Waals surface area contributed by atoms with Crippen molar-refractivity contribution in [3.8, 4) is 6.07 Å². The highest BCUT2D eigenvalue weighted by atomic mass is 32.1. The van der Waals surface area contributed by atoms with Crippen molar-refractivity contribution in [3.63, 3.8) is 0 Å². The van der Waals surface area contributed by atoms with Gasteiger partial charge in [-0.05, 0) is 30.4 Å². The fourth-order valence-corrected chi connectivity index (χ4v) is 3.68. The number of aromatic nitrogens is 2. The second-order valence-corrected chi connectivity index (χ2v) is 6.55. The van der Waals surface area contributed by atoms with Crippen molar-refractivity contribution >= 4 is 17.2 Å². The molecule has 2 aromatic heterocycles. The van der Waals surface area contributed by atoms with E-state index in [2.05, 4.69) is 0 Å². The number of thiophene rings is 1. The topological polar surface area (TPSA) is 88.1 Å². The van der Waals surface area contributed by atoms with E-state index in [0.717, 1.165) is 16.6 Å². The van der Waals surface area contributed by atoms with Crippen LogP contribution in [0, 0.1) is 11.3 Å². The Morgan fingerprint density at radius 3 is 2.92 bits per heavy atom. The second-order valence-electron chi connectivity index (χ2n) is 5.55. The Morgan fingerprint density at radius 1 is 1.42 bits per heavy atom. The summed E-state index contributed by atoms with van der Waals surface area (Å²) in [5.74, 6) is -0.288. The Labute approximate surface area is 142 Å². The fraction of sp³-hybridized carbons (Fsp3) is 0.375. The first-order valence-corrected chi connectivity index (χ1v) is 8.50. The van der Waals surface area contributed by atoms with Crippen LogP contribution in [0.15, 0.2) is 27.2 Å². The molecule has 3 heterocycles. The summed E-state index contributed by atoms with van der Waals surface area (Å²) >= 11 is 1.68. The van der Waals surface area contributed by atoms with Gasteiger partial charge in [0.1, 0.15) is 18.2 Å². The standard InChI is InChI=1S/C16H16N4O3S/c1-2-18-9-12(7-17)15(22)20(16(18)23)10-14(21)19-5-3-13-11(8-19)4-6-24-13/h4,6,9H,2-3,5,8,10H2,1H3. The predicted molar refractivity (Wildman–Crippen MR) is 88.8 cm³/mol. The van der Waals surface area contributed by atoms with Gasteiger partial charge in [-0.15, -0.1) is 11.3 Å². The molecular weight excluding hydrogens is 328 g/mol. The van der Waals surface area contributed by atoms with Gasteiger partial charge >= 0.3 is 5.69 Å². The van der Waals surface area contributed by atoms with Crippen molar-refractivity contribution in [1.29, 1.82) is 5.26 Å². The molecule has 8 heteroatoms. The molecule has 1 aliphatic heterocycles. The van der Waals surface area contributed by atoms with Crippen LogP contribution >= 0.6 is 11.3 Å². The minimum atomic E-state index is -0.714. The zero-order chi connectivity index (χ0) is 17.3. The fourth-order valence-electron chi connectivity index (χ4n) is 2.79. The smallest absolute Gasteiger partial charge is 0.331 e. The van der Waals surface area contributed by atoms with Crippen LogP contribution in [0.3, 0.4) is 0 Å². The lowest BCUT2D eigenvalue weighted by atomic mass is 10.1. The molecule has 2 aromatic rings. The Kier molecular flexibility index (Phi) is 4.36. The van der Waals surface area contributed by atoms with Gasteiger partial charge in [0.25, 0.3) is 5.56 Å². The average molecular weight is 344 g/mol. The summed E-state index contributed by atoms with van der Waals surface area (Å²) in [5.41, 5.74) is -0.302. The SMILES string of the molecule is CCn1cc(C#N)c(=O)n(CC(=O)N2CCc3sccc3C2)c1=O. The highest BCUT2D eigenvalue weighted by Crippen LogP contribution is 2.23. The van der Waals surface area contributed by atoms with Gasteiger partial charge in [0.15, 0.2) is 0 Å². The quantitative estimate of drug-likeness (QED) is 0.813. The molecular formula is C16H16N4O3S. The summed E-state index contributed by atoms with van der Waals surface area (Å²) in [4.78, 5) is 40.0. The van der Waals surface area contributed by atoms with E-state index in [1.807, 2.05) is 11.4 Å². The van der Waals surface area contributed by atoms with Crippen molar-refractivity contribution < 1.29 is 4.79 Å². The number of aryl methyl sites for hydroxylation is 1. The molecule has 1 aliphatic rings. The monoisotopic (exact) mass is 344 g/mol. The molecule has 0 saturated carbocycles. The Bertz CT molecular complexity index is 947. The van der Waals surface area contributed by atoms with Crippen LogP contribution in [0.25, 0.3) is 0 Å². The normalized spacial score (nSPS) is 13.4. The van der Waals surface area contributed by atoms with E-state index in [0.29, 0.717) is 19.6 Å². The number of hydrogen-bond donors (Lipinski definition) is 0. The molecule has 0 aromatic carbocycles.